The second kappa shape index (κ2) is 8.25. The molecule has 0 aliphatic heterocycles. The SMILES string of the molecule is COc1cc(/C=C(\C#N)C(=O)NC2CCCCC2)cc(OC)c1O. The van der Waals surface area contributed by atoms with E-state index in [1.807, 2.05) is 6.07 Å². The van der Waals surface area contributed by atoms with Crippen molar-refractivity contribution < 1.29 is 19.4 Å². The third kappa shape index (κ3) is 4.19. The fourth-order valence-corrected chi connectivity index (χ4v) is 2.82. The average Bonchev–Trinajstić information content (AvgIpc) is 2.61. The minimum Gasteiger partial charge on any atom is -0.502 e. The molecule has 0 unspecified atom stereocenters. The lowest BCUT2D eigenvalue weighted by atomic mass is 9.95. The van der Waals surface area contributed by atoms with Gasteiger partial charge in [0.2, 0.25) is 5.75 Å². The molecule has 2 rings (SSSR count). The first kappa shape index (κ1) is 17.7. The number of hydrogen-bond donors (Lipinski definition) is 2. The zero-order chi connectivity index (χ0) is 17.5. The summed E-state index contributed by atoms with van der Waals surface area (Å²) >= 11 is 0. The number of aromatic hydroxyl groups is 1. The van der Waals surface area contributed by atoms with Gasteiger partial charge < -0.3 is 19.9 Å². The van der Waals surface area contributed by atoms with E-state index in [1.54, 1.807) is 12.1 Å². The van der Waals surface area contributed by atoms with Crippen molar-refractivity contribution in [1.82, 2.24) is 5.32 Å². The minimum absolute atomic E-state index is 0.00960. The molecule has 0 atom stereocenters. The summed E-state index contributed by atoms with van der Waals surface area (Å²) in [4.78, 5) is 12.3. The number of methoxy groups -OCH3 is 2. The van der Waals surface area contributed by atoms with Gasteiger partial charge in [0.05, 0.1) is 14.2 Å². The molecule has 0 bridgehead atoms. The lowest BCUT2D eigenvalue weighted by Crippen LogP contribution is -2.36. The molecule has 128 valence electrons. The summed E-state index contributed by atoms with van der Waals surface area (Å²) in [6, 6.07) is 5.16. The zero-order valence-electron chi connectivity index (χ0n) is 14.0. The molecule has 0 aromatic heterocycles. The Bertz CT molecular complexity index is 645. The van der Waals surface area contributed by atoms with Gasteiger partial charge in [-0.3, -0.25) is 4.79 Å². The molecule has 1 aliphatic rings. The van der Waals surface area contributed by atoms with E-state index in [2.05, 4.69) is 5.32 Å². The van der Waals surface area contributed by atoms with Crippen LogP contribution in [0.25, 0.3) is 6.08 Å². The summed E-state index contributed by atoms with van der Waals surface area (Å²) in [5, 5.41) is 22.1. The van der Waals surface area contributed by atoms with Crippen LogP contribution in [0.4, 0.5) is 0 Å². The van der Waals surface area contributed by atoms with Crippen molar-refractivity contribution in [1.29, 1.82) is 5.26 Å². The van der Waals surface area contributed by atoms with Crippen molar-refractivity contribution in [2.24, 2.45) is 0 Å². The van der Waals surface area contributed by atoms with E-state index in [0.29, 0.717) is 5.56 Å². The molecule has 0 spiro atoms. The topological polar surface area (TPSA) is 91.6 Å². The predicted octanol–water partition coefficient (Wildman–Crippen LogP) is 2.77. The summed E-state index contributed by atoms with van der Waals surface area (Å²) in [6.45, 7) is 0. The van der Waals surface area contributed by atoms with Gasteiger partial charge in [0, 0.05) is 6.04 Å². The number of rotatable bonds is 5. The van der Waals surface area contributed by atoms with Crippen molar-refractivity contribution in [2.75, 3.05) is 14.2 Å². The molecule has 0 heterocycles. The van der Waals surface area contributed by atoms with E-state index in [4.69, 9.17) is 9.47 Å². The summed E-state index contributed by atoms with van der Waals surface area (Å²) in [6.07, 6.45) is 6.76. The van der Waals surface area contributed by atoms with Crippen LogP contribution in [-0.2, 0) is 4.79 Å². The number of carbonyl (C=O) groups excluding carboxylic acids is 1. The fourth-order valence-electron chi connectivity index (χ4n) is 2.82. The smallest absolute Gasteiger partial charge is 0.262 e. The van der Waals surface area contributed by atoms with Gasteiger partial charge in [0.15, 0.2) is 11.5 Å². The maximum atomic E-state index is 12.3. The molecule has 1 aromatic carbocycles. The van der Waals surface area contributed by atoms with Crippen LogP contribution in [0.5, 0.6) is 17.2 Å². The largest absolute Gasteiger partial charge is 0.502 e. The number of hydrogen-bond acceptors (Lipinski definition) is 5. The summed E-state index contributed by atoms with van der Waals surface area (Å²) in [7, 11) is 2.84. The number of phenolic OH excluding ortho intramolecular Hbond substituents is 1. The van der Waals surface area contributed by atoms with Crippen LogP contribution in [0, 0.1) is 11.3 Å². The Morgan fingerprint density at radius 3 is 2.33 bits per heavy atom. The predicted molar refractivity (Wildman–Crippen MR) is 89.8 cm³/mol. The first-order valence-electron chi connectivity index (χ1n) is 7.96. The number of nitriles is 1. The van der Waals surface area contributed by atoms with Gasteiger partial charge in [-0.15, -0.1) is 0 Å². The van der Waals surface area contributed by atoms with Gasteiger partial charge in [0.25, 0.3) is 5.91 Å². The van der Waals surface area contributed by atoms with Crippen LogP contribution in [0.1, 0.15) is 37.7 Å². The summed E-state index contributed by atoms with van der Waals surface area (Å²) < 4.78 is 10.2. The highest BCUT2D eigenvalue weighted by Gasteiger charge is 2.18. The second-order valence-corrected chi connectivity index (χ2v) is 5.75. The molecule has 0 saturated heterocycles. The lowest BCUT2D eigenvalue weighted by Gasteiger charge is -2.22. The average molecular weight is 330 g/mol. The number of ether oxygens (including phenoxy) is 2. The summed E-state index contributed by atoms with van der Waals surface area (Å²) in [5.74, 6) is -0.0751. The van der Waals surface area contributed by atoms with Crippen molar-refractivity contribution in [2.45, 2.75) is 38.1 Å². The Labute approximate surface area is 141 Å². The third-order valence-corrected chi connectivity index (χ3v) is 4.12. The van der Waals surface area contributed by atoms with Crippen LogP contribution in [0.15, 0.2) is 17.7 Å². The van der Waals surface area contributed by atoms with Crippen molar-refractivity contribution in [3.05, 3.63) is 23.3 Å². The van der Waals surface area contributed by atoms with Crippen molar-refractivity contribution >= 4 is 12.0 Å². The van der Waals surface area contributed by atoms with Crippen LogP contribution in [0.3, 0.4) is 0 Å². The first-order valence-corrected chi connectivity index (χ1v) is 7.96. The van der Waals surface area contributed by atoms with Crippen LogP contribution in [0.2, 0.25) is 0 Å². The van der Waals surface area contributed by atoms with Crippen LogP contribution >= 0.6 is 0 Å². The molecule has 1 aromatic rings. The normalized spacial score (nSPS) is 15.5. The number of nitrogens with one attached hydrogen (secondary N) is 1. The highest BCUT2D eigenvalue weighted by Crippen LogP contribution is 2.37. The van der Waals surface area contributed by atoms with Crippen LogP contribution in [-0.4, -0.2) is 31.3 Å². The van der Waals surface area contributed by atoms with Gasteiger partial charge in [-0.1, -0.05) is 19.3 Å². The van der Waals surface area contributed by atoms with E-state index >= 15 is 0 Å². The van der Waals surface area contributed by atoms with Crippen molar-refractivity contribution in [3.8, 4) is 23.3 Å². The molecule has 1 amide bonds. The molecular formula is C18H22N2O4. The molecule has 0 radical (unpaired) electrons. The summed E-state index contributed by atoms with van der Waals surface area (Å²) in [5.41, 5.74) is 0.548. The first-order chi connectivity index (χ1) is 11.6. The highest BCUT2D eigenvalue weighted by molar-refractivity contribution is 6.02. The Morgan fingerprint density at radius 1 is 1.25 bits per heavy atom. The molecule has 1 saturated carbocycles. The molecule has 24 heavy (non-hydrogen) atoms. The molecule has 2 N–H and O–H groups in total. The van der Waals surface area contributed by atoms with Crippen LogP contribution < -0.4 is 14.8 Å². The van der Waals surface area contributed by atoms with E-state index in [1.165, 1.54) is 26.7 Å². The van der Waals surface area contributed by atoms with E-state index < -0.39 is 0 Å². The lowest BCUT2D eigenvalue weighted by molar-refractivity contribution is -0.117. The maximum absolute atomic E-state index is 12.3. The molecular weight excluding hydrogens is 308 g/mol. The Kier molecular flexibility index (Phi) is 6.07. The monoisotopic (exact) mass is 330 g/mol. The van der Waals surface area contributed by atoms with Gasteiger partial charge in [-0.25, -0.2) is 0 Å². The fraction of sp³-hybridized carbons (Fsp3) is 0.444. The van der Waals surface area contributed by atoms with Gasteiger partial charge in [0.1, 0.15) is 11.6 Å². The Hall–Kier alpha value is -2.68. The Balaban J connectivity index is 2.23. The quantitative estimate of drug-likeness (QED) is 0.640. The third-order valence-electron chi connectivity index (χ3n) is 4.12. The number of carbonyl (C=O) groups is 1. The molecule has 1 aliphatic carbocycles. The number of nitrogens with zero attached hydrogens (tertiary/aromatic N) is 1. The zero-order valence-corrected chi connectivity index (χ0v) is 14.0. The van der Waals surface area contributed by atoms with E-state index in [9.17, 15) is 15.2 Å². The maximum Gasteiger partial charge on any atom is 0.262 e. The standard InChI is InChI=1S/C18H22N2O4/c1-23-15-9-12(10-16(24-2)17(15)21)8-13(11-19)18(22)20-14-6-4-3-5-7-14/h8-10,14,21H,3-7H2,1-2H3,(H,20,22)/b13-8+. The van der Waals surface area contributed by atoms with E-state index in [0.717, 1.165) is 25.7 Å². The second-order valence-electron chi connectivity index (χ2n) is 5.75. The number of amides is 1. The minimum atomic E-state index is -0.379. The number of phenols is 1. The van der Waals surface area contributed by atoms with E-state index in [-0.39, 0.29) is 34.8 Å². The van der Waals surface area contributed by atoms with Gasteiger partial charge >= 0.3 is 0 Å². The highest BCUT2D eigenvalue weighted by atomic mass is 16.5. The van der Waals surface area contributed by atoms with Gasteiger partial charge in [-0.05, 0) is 36.6 Å². The molecule has 6 nitrogen and oxygen atoms in total. The number of benzene rings is 1. The Morgan fingerprint density at radius 2 is 1.83 bits per heavy atom. The van der Waals surface area contributed by atoms with Gasteiger partial charge in [-0.2, -0.15) is 5.26 Å². The molecule has 1 fully saturated rings. The molecule has 6 heteroatoms. The van der Waals surface area contributed by atoms with Crippen molar-refractivity contribution in [3.63, 3.8) is 0 Å².